The zero-order valence-electron chi connectivity index (χ0n) is 7.05. The summed E-state index contributed by atoms with van der Waals surface area (Å²) in [5.74, 6) is 0. The molecule has 1 heterocycles. The lowest BCUT2D eigenvalue weighted by Gasteiger charge is -2.03. The van der Waals surface area contributed by atoms with Crippen LogP contribution in [0.3, 0.4) is 0 Å². The summed E-state index contributed by atoms with van der Waals surface area (Å²) in [6.07, 6.45) is 0.449. The normalized spacial score (nSPS) is 10.4. The molecule has 0 N–H and O–H groups in total. The van der Waals surface area contributed by atoms with Crippen molar-refractivity contribution in [2.75, 3.05) is 0 Å². The molecule has 0 aliphatic rings. The number of hydrogen-bond acceptors (Lipinski definition) is 2. The van der Waals surface area contributed by atoms with E-state index in [0.717, 1.165) is 14.5 Å². The highest BCUT2D eigenvalue weighted by molar-refractivity contribution is 9.11. The summed E-state index contributed by atoms with van der Waals surface area (Å²) in [5.41, 5.74) is 1.08. The summed E-state index contributed by atoms with van der Waals surface area (Å²) in [6, 6.07) is 6.26. The smallest absolute Gasteiger partial charge is 0.0670 e. The average molecular weight is 331 g/mol. The van der Waals surface area contributed by atoms with Crippen molar-refractivity contribution in [2.24, 2.45) is 0 Å². The van der Waals surface area contributed by atoms with Crippen molar-refractivity contribution in [3.05, 3.63) is 32.0 Å². The van der Waals surface area contributed by atoms with Gasteiger partial charge in [0.15, 0.2) is 0 Å². The maximum absolute atomic E-state index is 8.73. The highest BCUT2D eigenvalue weighted by Gasteiger charge is 2.09. The van der Waals surface area contributed by atoms with Crippen molar-refractivity contribution < 1.29 is 0 Å². The predicted molar refractivity (Wildman–Crippen MR) is 66.5 cm³/mol. The van der Waals surface area contributed by atoms with E-state index in [-0.39, 0.29) is 0 Å². The summed E-state index contributed by atoms with van der Waals surface area (Å²) in [6.45, 7) is 0. The van der Waals surface area contributed by atoms with E-state index >= 15 is 0 Å². The third-order valence-corrected chi connectivity index (χ3v) is 4.33. The van der Waals surface area contributed by atoms with Crippen LogP contribution in [-0.4, -0.2) is 0 Å². The first-order chi connectivity index (χ1) is 6.74. The molecule has 0 aliphatic carbocycles. The van der Waals surface area contributed by atoms with E-state index in [0.29, 0.717) is 6.42 Å². The zero-order valence-corrected chi connectivity index (χ0v) is 11.0. The fourth-order valence-corrected chi connectivity index (χ4v) is 4.03. The van der Waals surface area contributed by atoms with Gasteiger partial charge in [-0.05, 0) is 23.1 Å². The lowest BCUT2D eigenvalue weighted by molar-refractivity contribution is 1.28. The maximum Gasteiger partial charge on any atom is 0.0670 e. The van der Waals surface area contributed by atoms with Crippen molar-refractivity contribution >= 4 is 53.3 Å². The van der Waals surface area contributed by atoms with Crippen LogP contribution in [0, 0.1) is 11.3 Å². The lowest BCUT2D eigenvalue weighted by Crippen LogP contribution is -1.84. The lowest BCUT2D eigenvalue weighted by atomic mass is 10.1. The maximum atomic E-state index is 8.73. The molecule has 0 amide bonds. The summed E-state index contributed by atoms with van der Waals surface area (Å²) < 4.78 is 3.26. The van der Waals surface area contributed by atoms with Gasteiger partial charge in [0.1, 0.15) is 0 Å². The van der Waals surface area contributed by atoms with Crippen molar-refractivity contribution in [1.82, 2.24) is 0 Å². The number of benzene rings is 1. The van der Waals surface area contributed by atoms with E-state index in [1.807, 2.05) is 11.4 Å². The van der Waals surface area contributed by atoms with Crippen LogP contribution in [0.4, 0.5) is 0 Å². The van der Waals surface area contributed by atoms with Crippen LogP contribution < -0.4 is 0 Å². The van der Waals surface area contributed by atoms with Gasteiger partial charge in [0, 0.05) is 19.0 Å². The van der Waals surface area contributed by atoms with E-state index in [2.05, 4.69) is 44.0 Å². The van der Waals surface area contributed by atoms with Gasteiger partial charge in [0.2, 0.25) is 0 Å². The third kappa shape index (κ3) is 1.60. The molecule has 0 spiro atoms. The molecule has 1 nitrogen and oxygen atoms in total. The number of nitrogens with zero attached hydrogens (tertiary/aromatic N) is 1. The first-order valence-electron chi connectivity index (χ1n) is 3.95. The van der Waals surface area contributed by atoms with Gasteiger partial charge in [-0.3, -0.25) is 0 Å². The molecule has 1 aromatic carbocycles. The Bertz CT molecular complexity index is 525. The van der Waals surface area contributed by atoms with Crippen LogP contribution in [0.15, 0.2) is 26.5 Å². The van der Waals surface area contributed by atoms with E-state index in [4.69, 9.17) is 5.26 Å². The molecule has 0 saturated carbocycles. The van der Waals surface area contributed by atoms with Gasteiger partial charge in [0.25, 0.3) is 0 Å². The molecule has 0 unspecified atom stereocenters. The van der Waals surface area contributed by atoms with E-state index in [1.165, 1.54) is 10.1 Å². The van der Waals surface area contributed by atoms with Gasteiger partial charge in [-0.15, -0.1) is 11.3 Å². The fraction of sp³-hybridized carbons (Fsp3) is 0.100. The Labute approximate surface area is 103 Å². The van der Waals surface area contributed by atoms with Crippen LogP contribution in [0.2, 0.25) is 0 Å². The monoisotopic (exact) mass is 329 g/mol. The number of nitriles is 1. The SMILES string of the molecule is N#CCc1c(Br)cc(Br)c2ccsc12. The molecule has 0 aliphatic heterocycles. The Kier molecular flexibility index (Phi) is 2.91. The molecular weight excluding hydrogens is 326 g/mol. The van der Waals surface area contributed by atoms with Crippen molar-refractivity contribution in [2.45, 2.75) is 6.42 Å². The summed E-state index contributed by atoms with van der Waals surface area (Å²) in [5, 5.41) is 12.0. The summed E-state index contributed by atoms with van der Waals surface area (Å²) in [4.78, 5) is 0. The third-order valence-electron chi connectivity index (χ3n) is 1.99. The van der Waals surface area contributed by atoms with Crippen LogP contribution in [0.5, 0.6) is 0 Å². The Hall–Kier alpha value is -0.370. The van der Waals surface area contributed by atoms with Crippen molar-refractivity contribution in [3.63, 3.8) is 0 Å². The Morgan fingerprint density at radius 3 is 2.86 bits per heavy atom. The second-order valence-electron chi connectivity index (χ2n) is 2.82. The Morgan fingerprint density at radius 2 is 2.14 bits per heavy atom. The van der Waals surface area contributed by atoms with E-state index in [1.54, 1.807) is 11.3 Å². The van der Waals surface area contributed by atoms with Crippen molar-refractivity contribution in [1.29, 1.82) is 5.26 Å². The molecule has 4 heteroatoms. The molecule has 0 atom stereocenters. The zero-order chi connectivity index (χ0) is 10.1. The molecule has 0 radical (unpaired) electrons. The van der Waals surface area contributed by atoms with Gasteiger partial charge in [-0.1, -0.05) is 31.9 Å². The molecule has 0 bridgehead atoms. The summed E-state index contributed by atoms with van der Waals surface area (Å²) >= 11 is 8.66. The second-order valence-corrected chi connectivity index (χ2v) is 5.44. The number of halogens is 2. The number of thiophene rings is 1. The Morgan fingerprint density at radius 1 is 1.36 bits per heavy atom. The predicted octanol–water partition coefficient (Wildman–Crippen LogP) is 4.49. The van der Waals surface area contributed by atoms with Crippen LogP contribution >= 0.6 is 43.2 Å². The molecular formula is C10H5Br2NS. The van der Waals surface area contributed by atoms with Gasteiger partial charge < -0.3 is 0 Å². The quantitative estimate of drug-likeness (QED) is 0.755. The molecule has 2 rings (SSSR count). The molecule has 14 heavy (non-hydrogen) atoms. The van der Waals surface area contributed by atoms with Gasteiger partial charge in [-0.25, -0.2) is 0 Å². The van der Waals surface area contributed by atoms with E-state index < -0.39 is 0 Å². The molecule has 70 valence electrons. The highest BCUT2D eigenvalue weighted by atomic mass is 79.9. The van der Waals surface area contributed by atoms with Crippen LogP contribution in [0.1, 0.15) is 5.56 Å². The van der Waals surface area contributed by atoms with Crippen molar-refractivity contribution in [3.8, 4) is 6.07 Å². The van der Waals surface area contributed by atoms with Gasteiger partial charge in [0.05, 0.1) is 12.5 Å². The molecule has 0 saturated heterocycles. The number of hydrogen-bond donors (Lipinski definition) is 0. The number of rotatable bonds is 1. The van der Waals surface area contributed by atoms with Gasteiger partial charge >= 0.3 is 0 Å². The minimum Gasteiger partial charge on any atom is -0.198 e. The van der Waals surface area contributed by atoms with E-state index in [9.17, 15) is 0 Å². The Balaban J connectivity index is 2.81. The largest absolute Gasteiger partial charge is 0.198 e. The second kappa shape index (κ2) is 4.01. The minimum atomic E-state index is 0.449. The first kappa shape index (κ1) is 10.2. The average Bonchev–Trinajstić information content (AvgIpc) is 2.60. The van der Waals surface area contributed by atoms with Crippen LogP contribution in [-0.2, 0) is 6.42 Å². The molecule has 0 fully saturated rings. The topological polar surface area (TPSA) is 23.8 Å². The highest BCUT2D eigenvalue weighted by Crippen LogP contribution is 2.36. The fourth-order valence-electron chi connectivity index (χ4n) is 1.36. The molecule has 1 aromatic heterocycles. The minimum absolute atomic E-state index is 0.449. The standard InChI is InChI=1S/C10H5Br2NS/c11-8-5-9(12)7-2-4-14-10(7)6(8)1-3-13/h2,4-5H,1H2. The molecule has 2 aromatic rings. The van der Waals surface area contributed by atoms with Gasteiger partial charge in [-0.2, -0.15) is 5.26 Å². The summed E-state index contributed by atoms with van der Waals surface area (Å²) in [7, 11) is 0. The van der Waals surface area contributed by atoms with Crippen LogP contribution in [0.25, 0.3) is 10.1 Å². The number of fused-ring (bicyclic) bond motifs is 1. The first-order valence-corrected chi connectivity index (χ1v) is 6.41.